The minimum Gasteiger partial charge on any atom is -0.376 e. The summed E-state index contributed by atoms with van der Waals surface area (Å²) in [5.41, 5.74) is 1.31. The zero-order valence-corrected chi connectivity index (χ0v) is 16.9. The largest absolute Gasteiger partial charge is 0.376 e. The number of amides is 1. The summed E-state index contributed by atoms with van der Waals surface area (Å²) in [4.78, 5) is 23.0. The van der Waals surface area contributed by atoms with Crippen molar-refractivity contribution in [3.05, 3.63) is 58.1 Å². The van der Waals surface area contributed by atoms with Gasteiger partial charge in [-0.25, -0.2) is 8.42 Å². The molecule has 2 N–H and O–H groups in total. The average Bonchev–Trinajstić information content (AvgIpc) is 3.24. The average molecular weight is 417 g/mol. The van der Waals surface area contributed by atoms with E-state index in [1.54, 1.807) is 37.3 Å². The third kappa shape index (κ3) is 4.73. The number of benzene rings is 2. The SMILES string of the molecule is Cc1c(NC(=O)CNc2ccc(S(=O)(=O)C3CCCC3)cc2)cccc1[N+](=O)[O-]. The first-order valence-corrected chi connectivity index (χ1v) is 11.0. The van der Waals surface area contributed by atoms with E-state index in [1.165, 1.54) is 12.1 Å². The van der Waals surface area contributed by atoms with E-state index in [4.69, 9.17) is 0 Å². The number of nitro groups is 1. The van der Waals surface area contributed by atoms with Gasteiger partial charge in [0, 0.05) is 11.8 Å². The van der Waals surface area contributed by atoms with Gasteiger partial charge in [-0.1, -0.05) is 18.9 Å². The normalized spacial score (nSPS) is 14.5. The van der Waals surface area contributed by atoms with Crippen LogP contribution in [0.3, 0.4) is 0 Å². The Morgan fingerprint density at radius 3 is 2.41 bits per heavy atom. The van der Waals surface area contributed by atoms with E-state index < -0.39 is 14.8 Å². The van der Waals surface area contributed by atoms with E-state index in [9.17, 15) is 23.3 Å². The van der Waals surface area contributed by atoms with Gasteiger partial charge < -0.3 is 10.6 Å². The van der Waals surface area contributed by atoms with Gasteiger partial charge in [0.2, 0.25) is 5.91 Å². The molecule has 0 spiro atoms. The number of hydrogen-bond donors (Lipinski definition) is 2. The van der Waals surface area contributed by atoms with Gasteiger partial charge >= 0.3 is 0 Å². The molecule has 0 atom stereocenters. The van der Waals surface area contributed by atoms with Crippen LogP contribution in [0.1, 0.15) is 31.2 Å². The standard InChI is InChI=1S/C20H23N3O5S/c1-14-18(7-4-8-19(14)23(25)26)22-20(24)13-21-15-9-11-17(12-10-15)29(27,28)16-5-2-3-6-16/h4,7-12,16,21H,2-3,5-6,13H2,1H3,(H,22,24). The highest BCUT2D eigenvalue weighted by atomic mass is 32.2. The Hall–Kier alpha value is -2.94. The summed E-state index contributed by atoms with van der Waals surface area (Å²) in [7, 11) is -3.31. The van der Waals surface area contributed by atoms with Gasteiger partial charge in [0.25, 0.3) is 5.69 Å². The molecule has 1 saturated carbocycles. The summed E-state index contributed by atoms with van der Waals surface area (Å²) >= 11 is 0. The number of nitrogens with one attached hydrogen (secondary N) is 2. The topological polar surface area (TPSA) is 118 Å². The van der Waals surface area contributed by atoms with Crippen LogP contribution in [0, 0.1) is 17.0 Å². The second-order valence-corrected chi connectivity index (χ2v) is 9.31. The molecule has 0 aromatic heterocycles. The summed E-state index contributed by atoms with van der Waals surface area (Å²) in [5.74, 6) is -0.365. The highest BCUT2D eigenvalue weighted by molar-refractivity contribution is 7.92. The van der Waals surface area contributed by atoms with Crippen molar-refractivity contribution in [3.8, 4) is 0 Å². The Kier molecular flexibility index (Phi) is 6.17. The molecule has 0 saturated heterocycles. The van der Waals surface area contributed by atoms with Crippen LogP contribution in [0.15, 0.2) is 47.4 Å². The smallest absolute Gasteiger partial charge is 0.274 e. The maximum atomic E-state index is 12.6. The van der Waals surface area contributed by atoms with Crippen LogP contribution in [-0.2, 0) is 14.6 Å². The maximum absolute atomic E-state index is 12.6. The van der Waals surface area contributed by atoms with Crippen molar-refractivity contribution in [3.63, 3.8) is 0 Å². The van der Waals surface area contributed by atoms with Gasteiger partial charge in [0.15, 0.2) is 9.84 Å². The number of nitro benzene ring substituents is 1. The molecule has 0 unspecified atom stereocenters. The number of nitrogens with zero attached hydrogens (tertiary/aromatic N) is 1. The molecule has 8 nitrogen and oxygen atoms in total. The lowest BCUT2D eigenvalue weighted by molar-refractivity contribution is -0.385. The van der Waals surface area contributed by atoms with Crippen LogP contribution in [0.2, 0.25) is 0 Å². The third-order valence-corrected chi connectivity index (χ3v) is 7.43. The van der Waals surface area contributed by atoms with Crippen LogP contribution in [-0.4, -0.2) is 31.0 Å². The lowest BCUT2D eigenvalue weighted by Crippen LogP contribution is -2.22. The van der Waals surface area contributed by atoms with E-state index in [2.05, 4.69) is 10.6 Å². The molecule has 0 radical (unpaired) electrons. The van der Waals surface area contributed by atoms with E-state index >= 15 is 0 Å². The number of rotatable bonds is 7. The molecule has 0 bridgehead atoms. The quantitative estimate of drug-likeness (QED) is 0.524. The van der Waals surface area contributed by atoms with Crippen molar-refractivity contribution in [2.24, 2.45) is 0 Å². The van der Waals surface area contributed by atoms with Gasteiger partial charge in [0.05, 0.1) is 32.9 Å². The van der Waals surface area contributed by atoms with E-state index in [1.807, 2.05) is 0 Å². The molecule has 0 heterocycles. The van der Waals surface area contributed by atoms with Crippen LogP contribution < -0.4 is 10.6 Å². The van der Waals surface area contributed by atoms with Crippen molar-refractivity contribution >= 4 is 32.8 Å². The predicted molar refractivity (Wildman–Crippen MR) is 111 cm³/mol. The molecular weight excluding hydrogens is 394 g/mol. The van der Waals surface area contributed by atoms with E-state index in [0.29, 0.717) is 34.7 Å². The molecule has 1 fully saturated rings. The molecule has 9 heteroatoms. The fourth-order valence-corrected chi connectivity index (χ4v) is 5.34. The fourth-order valence-electron chi connectivity index (χ4n) is 3.49. The number of hydrogen-bond acceptors (Lipinski definition) is 6. The molecule has 3 rings (SSSR count). The van der Waals surface area contributed by atoms with Crippen LogP contribution >= 0.6 is 0 Å². The Balaban J connectivity index is 1.60. The van der Waals surface area contributed by atoms with Gasteiger partial charge in [-0.3, -0.25) is 14.9 Å². The van der Waals surface area contributed by atoms with E-state index in [-0.39, 0.29) is 23.4 Å². The van der Waals surface area contributed by atoms with Crippen molar-refractivity contribution in [2.75, 3.05) is 17.2 Å². The van der Waals surface area contributed by atoms with Crippen molar-refractivity contribution in [1.29, 1.82) is 0 Å². The third-order valence-electron chi connectivity index (χ3n) is 5.15. The van der Waals surface area contributed by atoms with Crippen LogP contribution in [0.5, 0.6) is 0 Å². The van der Waals surface area contributed by atoms with Gasteiger partial charge in [-0.05, 0) is 50.1 Å². The minimum atomic E-state index is -3.31. The Morgan fingerprint density at radius 1 is 1.14 bits per heavy atom. The number of carbonyl (C=O) groups excluding carboxylic acids is 1. The summed E-state index contributed by atoms with van der Waals surface area (Å²) in [6, 6.07) is 10.9. The van der Waals surface area contributed by atoms with Gasteiger partial charge in [-0.2, -0.15) is 0 Å². The summed E-state index contributed by atoms with van der Waals surface area (Å²) in [6.45, 7) is 1.52. The van der Waals surface area contributed by atoms with Crippen LogP contribution in [0.25, 0.3) is 0 Å². The minimum absolute atomic E-state index is 0.0587. The van der Waals surface area contributed by atoms with Crippen molar-refractivity contribution in [2.45, 2.75) is 42.8 Å². The first-order valence-electron chi connectivity index (χ1n) is 9.41. The molecule has 1 amide bonds. The molecule has 2 aromatic carbocycles. The fraction of sp³-hybridized carbons (Fsp3) is 0.350. The number of anilines is 2. The zero-order valence-electron chi connectivity index (χ0n) is 16.1. The molecule has 154 valence electrons. The predicted octanol–water partition coefficient (Wildman–Crippen LogP) is 3.67. The molecule has 1 aliphatic carbocycles. The van der Waals surface area contributed by atoms with Gasteiger partial charge in [0.1, 0.15) is 0 Å². The molecule has 29 heavy (non-hydrogen) atoms. The highest BCUT2D eigenvalue weighted by Gasteiger charge is 2.30. The summed E-state index contributed by atoms with van der Waals surface area (Å²) < 4.78 is 25.2. The highest BCUT2D eigenvalue weighted by Crippen LogP contribution is 2.30. The summed E-state index contributed by atoms with van der Waals surface area (Å²) in [6.07, 6.45) is 3.31. The van der Waals surface area contributed by atoms with E-state index in [0.717, 1.165) is 12.8 Å². The number of sulfone groups is 1. The van der Waals surface area contributed by atoms with Gasteiger partial charge in [-0.15, -0.1) is 0 Å². The lowest BCUT2D eigenvalue weighted by Gasteiger charge is -2.12. The molecule has 1 aliphatic rings. The Labute approximate surface area is 169 Å². The number of carbonyl (C=O) groups is 1. The first kappa shape index (κ1) is 20.8. The zero-order chi connectivity index (χ0) is 21.0. The molecule has 0 aliphatic heterocycles. The van der Waals surface area contributed by atoms with Crippen molar-refractivity contribution < 1.29 is 18.1 Å². The second-order valence-electron chi connectivity index (χ2n) is 7.08. The maximum Gasteiger partial charge on any atom is 0.274 e. The molecule has 2 aromatic rings. The second kappa shape index (κ2) is 8.60. The van der Waals surface area contributed by atoms with Crippen LogP contribution in [0.4, 0.5) is 17.1 Å². The Bertz CT molecular complexity index is 1010. The first-order chi connectivity index (χ1) is 13.8. The summed E-state index contributed by atoms with van der Waals surface area (Å²) in [5, 5.41) is 16.3. The van der Waals surface area contributed by atoms with Crippen molar-refractivity contribution in [1.82, 2.24) is 0 Å². The lowest BCUT2D eigenvalue weighted by atomic mass is 10.1. The molecular formula is C20H23N3O5S. The monoisotopic (exact) mass is 417 g/mol. The Morgan fingerprint density at radius 2 is 1.79 bits per heavy atom.